The van der Waals surface area contributed by atoms with Gasteiger partial charge in [0.05, 0.1) is 17.8 Å². The molecule has 5 nitrogen and oxygen atoms in total. The number of hydrogen-bond donors (Lipinski definition) is 2. The molecule has 1 fully saturated rings. The van der Waals surface area contributed by atoms with Gasteiger partial charge in [-0.05, 0) is 37.8 Å². The number of hydrogen-bond acceptors (Lipinski definition) is 3. The van der Waals surface area contributed by atoms with Crippen LogP contribution in [0.25, 0.3) is 0 Å². The summed E-state index contributed by atoms with van der Waals surface area (Å²) >= 11 is 0. The van der Waals surface area contributed by atoms with Crippen molar-refractivity contribution in [1.29, 1.82) is 0 Å². The zero-order chi connectivity index (χ0) is 24.1. The minimum absolute atomic E-state index is 0.144. The second-order valence-electron chi connectivity index (χ2n) is 7.61. The Morgan fingerprint density at radius 2 is 1.73 bits per heavy atom. The fourth-order valence-corrected chi connectivity index (χ4v) is 3.56. The van der Waals surface area contributed by atoms with E-state index in [1.165, 1.54) is 24.3 Å². The van der Waals surface area contributed by atoms with E-state index in [1.54, 1.807) is 6.08 Å². The predicted octanol–water partition coefficient (Wildman–Crippen LogP) is 6.02. The number of carbonyl (C=O) groups is 1. The van der Waals surface area contributed by atoms with E-state index in [1.807, 2.05) is 0 Å². The maximum Gasteiger partial charge on any atom is 0.573 e. The van der Waals surface area contributed by atoms with Crippen LogP contribution in [0.15, 0.2) is 60.2 Å². The first kappa shape index (κ1) is 24.7. The number of amides is 2. The molecule has 11 heteroatoms. The Kier molecular flexibility index (Phi) is 7.72. The number of allylic oxidation sites excluding steroid dienone is 4. The molecule has 0 spiro atoms. The molecular weight excluding hydrogens is 454 g/mol. The van der Waals surface area contributed by atoms with Crippen LogP contribution in [0, 0.1) is 0 Å². The van der Waals surface area contributed by atoms with Crippen molar-refractivity contribution >= 4 is 11.7 Å². The minimum atomic E-state index is -4.83. The molecule has 0 aliphatic heterocycles. The van der Waals surface area contributed by atoms with Crippen LogP contribution < -0.4 is 15.4 Å². The number of halogens is 6. The van der Waals surface area contributed by atoms with Crippen molar-refractivity contribution in [2.24, 2.45) is 0 Å². The summed E-state index contributed by atoms with van der Waals surface area (Å²) in [5.74, 6) is -0.447. The van der Waals surface area contributed by atoms with Crippen LogP contribution in [0.4, 0.5) is 36.8 Å². The van der Waals surface area contributed by atoms with E-state index in [2.05, 4.69) is 15.4 Å². The Hall–Kier alpha value is -2.95. The minimum Gasteiger partial charge on any atom is -0.406 e. The molecule has 1 aromatic carbocycles. The van der Waals surface area contributed by atoms with E-state index < -0.39 is 36.0 Å². The SMILES string of the molecule is O=C(Nc1cccc(OC(F)(F)F)c1)NC1CCC(OC2C=CC=C(C(F)(F)F)C=C2)CC1. The first-order chi connectivity index (χ1) is 15.5. The molecular formula is C22H22F6N2O3. The van der Waals surface area contributed by atoms with Gasteiger partial charge in [0.2, 0.25) is 0 Å². The van der Waals surface area contributed by atoms with Gasteiger partial charge < -0.3 is 20.1 Å². The molecule has 2 amide bonds. The average molecular weight is 476 g/mol. The van der Waals surface area contributed by atoms with E-state index >= 15 is 0 Å². The lowest BCUT2D eigenvalue weighted by molar-refractivity contribution is -0.274. The summed E-state index contributed by atoms with van der Waals surface area (Å²) in [7, 11) is 0. The smallest absolute Gasteiger partial charge is 0.406 e. The van der Waals surface area contributed by atoms with Crippen LogP contribution in [-0.2, 0) is 4.74 Å². The van der Waals surface area contributed by atoms with Crippen molar-refractivity contribution in [2.45, 2.75) is 56.5 Å². The molecule has 0 radical (unpaired) electrons. The van der Waals surface area contributed by atoms with Crippen molar-refractivity contribution in [1.82, 2.24) is 5.32 Å². The number of benzene rings is 1. The van der Waals surface area contributed by atoms with Gasteiger partial charge in [-0.25, -0.2) is 4.79 Å². The van der Waals surface area contributed by atoms with Crippen LogP contribution in [0.5, 0.6) is 5.75 Å². The van der Waals surface area contributed by atoms with Gasteiger partial charge in [-0.15, -0.1) is 13.2 Å². The fraction of sp³-hybridized carbons (Fsp3) is 0.409. The first-order valence-corrected chi connectivity index (χ1v) is 10.2. The van der Waals surface area contributed by atoms with E-state index in [9.17, 15) is 31.1 Å². The quantitative estimate of drug-likeness (QED) is 0.511. The normalized spacial score (nSPS) is 23.5. The summed E-state index contributed by atoms with van der Waals surface area (Å²) < 4.78 is 85.0. The van der Waals surface area contributed by atoms with E-state index in [0.29, 0.717) is 25.7 Å². The summed E-state index contributed by atoms with van der Waals surface area (Å²) in [5.41, 5.74) is -0.607. The Labute approximate surface area is 186 Å². The molecule has 180 valence electrons. The first-order valence-electron chi connectivity index (χ1n) is 10.2. The summed E-state index contributed by atoms with van der Waals surface area (Å²) in [6.45, 7) is 0. The molecule has 1 aromatic rings. The van der Waals surface area contributed by atoms with E-state index in [4.69, 9.17) is 4.74 Å². The lowest BCUT2D eigenvalue weighted by Crippen LogP contribution is -2.41. The molecule has 2 N–H and O–H groups in total. The molecule has 0 aromatic heterocycles. The largest absolute Gasteiger partial charge is 0.573 e. The molecule has 33 heavy (non-hydrogen) atoms. The number of rotatable bonds is 5. The van der Waals surface area contributed by atoms with Crippen LogP contribution in [0.2, 0.25) is 0 Å². The standard InChI is InChI=1S/C22H22F6N2O3/c23-21(24,25)14-3-1-5-17(10-7-14)32-18-11-8-15(9-12-18)29-20(31)30-16-4-2-6-19(13-16)33-22(26,27)28/h1-7,10,13,15,17-18H,8-9,11-12H2,(H2,29,30,31). The third-order valence-electron chi connectivity index (χ3n) is 5.05. The Balaban J connectivity index is 1.43. The summed E-state index contributed by atoms with van der Waals surface area (Å²) in [6.07, 6.45) is -1.44. The number of anilines is 1. The summed E-state index contributed by atoms with van der Waals surface area (Å²) in [6, 6.07) is 4.20. The maximum atomic E-state index is 12.8. The van der Waals surface area contributed by atoms with Crippen molar-refractivity contribution < 1.29 is 40.6 Å². The van der Waals surface area contributed by atoms with Crippen LogP contribution in [0.1, 0.15) is 25.7 Å². The predicted molar refractivity (Wildman–Crippen MR) is 109 cm³/mol. The molecule has 0 heterocycles. The van der Waals surface area contributed by atoms with Crippen LogP contribution in [0.3, 0.4) is 0 Å². The van der Waals surface area contributed by atoms with Gasteiger partial charge in [-0.1, -0.05) is 36.4 Å². The summed E-state index contributed by atoms with van der Waals surface area (Å²) in [5, 5.41) is 5.23. The van der Waals surface area contributed by atoms with Gasteiger partial charge >= 0.3 is 18.6 Å². The van der Waals surface area contributed by atoms with Crippen molar-refractivity contribution in [3.05, 3.63) is 60.2 Å². The lowest BCUT2D eigenvalue weighted by atomic mass is 9.93. The molecule has 0 bridgehead atoms. The van der Waals surface area contributed by atoms with Crippen molar-refractivity contribution in [3.63, 3.8) is 0 Å². The molecule has 1 unspecified atom stereocenters. The highest BCUT2D eigenvalue weighted by Gasteiger charge is 2.32. The Bertz CT molecular complexity index is 915. The fourth-order valence-electron chi connectivity index (χ4n) is 3.56. The Morgan fingerprint density at radius 3 is 2.39 bits per heavy atom. The van der Waals surface area contributed by atoms with Crippen molar-refractivity contribution in [3.8, 4) is 5.75 Å². The van der Waals surface area contributed by atoms with Gasteiger partial charge in [0, 0.05) is 17.8 Å². The molecule has 1 atom stereocenters. The Morgan fingerprint density at radius 1 is 1.00 bits per heavy atom. The van der Waals surface area contributed by atoms with Gasteiger partial charge in [-0.3, -0.25) is 0 Å². The number of carbonyl (C=O) groups excluding carboxylic acids is 1. The van der Waals surface area contributed by atoms with Crippen LogP contribution >= 0.6 is 0 Å². The van der Waals surface area contributed by atoms with Gasteiger partial charge in [0.1, 0.15) is 5.75 Å². The average Bonchev–Trinajstić information content (AvgIpc) is 2.94. The second-order valence-corrected chi connectivity index (χ2v) is 7.61. The number of alkyl halides is 6. The molecule has 2 aliphatic rings. The highest BCUT2D eigenvalue weighted by atomic mass is 19.4. The van der Waals surface area contributed by atoms with Gasteiger partial charge in [0.15, 0.2) is 0 Å². The van der Waals surface area contributed by atoms with E-state index in [0.717, 1.165) is 24.3 Å². The third kappa shape index (κ3) is 8.16. The lowest BCUT2D eigenvalue weighted by Gasteiger charge is -2.30. The molecule has 3 rings (SSSR count). The topological polar surface area (TPSA) is 59.6 Å². The number of urea groups is 1. The second kappa shape index (κ2) is 10.3. The number of nitrogens with one attached hydrogen (secondary N) is 2. The zero-order valence-corrected chi connectivity index (χ0v) is 17.2. The summed E-state index contributed by atoms with van der Waals surface area (Å²) in [4.78, 5) is 12.2. The molecule has 1 saturated carbocycles. The zero-order valence-electron chi connectivity index (χ0n) is 17.2. The van der Waals surface area contributed by atoms with Gasteiger partial charge in [0.25, 0.3) is 0 Å². The molecule has 2 aliphatic carbocycles. The highest BCUT2D eigenvalue weighted by molar-refractivity contribution is 5.89. The highest BCUT2D eigenvalue weighted by Crippen LogP contribution is 2.29. The van der Waals surface area contributed by atoms with Gasteiger partial charge in [-0.2, -0.15) is 13.2 Å². The van der Waals surface area contributed by atoms with E-state index in [-0.39, 0.29) is 17.8 Å². The van der Waals surface area contributed by atoms with Crippen LogP contribution in [-0.4, -0.2) is 36.8 Å². The third-order valence-corrected chi connectivity index (χ3v) is 5.05. The maximum absolute atomic E-state index is 12.8. The number of ether oxygens (including phenoxy) is 2. The van der Waals surface area contributed by atoms with Crippen molar-refractivity contribution in [2.75, 3.05) is 5.32 Å². The molecule has 0 saturated heterocycles. The monoisotopic (exact) mass is 476 g/mol.